The van der Waals surface area contributed by atoms with Crippen molar-refractivity contribution in [1.29, 1.82) is 5.26 Å². The normalized spacial score (nSPS) is 12.2. The maximum atomic E-state index is 9.97. The van der Waals surface area contributed by atoms with E-state index in [4.69, 9.17) is 19.8 Å². The number of hydrogen-bond donors (Lipinski definition) is 0. The fraction of sp³-hybridized carbons (Fsp3) is 0.121. The second-order valence-electron chi connectivity index (χ2n) is 21.1. The molecule has 0 fully saturated rings. The van der Waals surface area contributed by atoms with Gasteiger partial charge in [0.25, 0.3) is 0 Å². The Hall–Kier alpha value is -9.30. The van der Waals surface area contributed by atoms with E-state index in [0.29, 0.717) is 11.3 Å². The number of rotatable bonds is 6. The molecular weight excluding hydrogens is 897 g/mol. The van der Waals surface area contributed by atoms with Gasteiger partial charge in [-0.3, -0.25) is 0 Å². The summed E-state index contributed by atoms with van der Waals surface area (Å²) in [4.78, 5) is 8.30. The van der Waals surface area contributed by atoms with Crippen molar-refractivity contribution in [2.75, 3.05) is 9.80 Å². The van der Waals surface area contributed by atoms with E-state index in [-0.39, 0.29) is 10.8 Å². The molecule has 73 heavy (non-hydrogen) atoms. The summed E-state index contributed by atoms with van der Waals surface area (Å²) in [6.07, 6.45) is 0. The van der Waals surface area contributed by atoms with Crippen LogP contribution in [-0.2, 0) is 10.8 Å². The van der Waals surface area contributed by atoms with Gasteiger partial charge in [-0.1, -0.05) is 163 Å². The number of fused-ring (bicyclic) bond motifs is 13. The highest BCUT2D eigenvalue weighted by Gasteiger charge is 2.29. The molecule has 13 rings (SSSR count). The molecule has 13 aromatic rings. The Bertz CT molecular complexity index is 4200. The molecular formula is C66H48N4O3. The lowest BCUT2D eigenvalue weighted by molar-refractivity contribution is 0.572. The van der Waals surface area contributed by atoms with Crippen molar-refractivity contribution in [3.05, 3.63) is 210 Å². The molecule has 0 atom stereocenters. The number of anilines is 6. The summed E-state index contributed by atoms with van der Waals surface area (Å²) in [7, 11) is 0. The molecule has 0 saturated carbocycles. The molecule has 0 aliphatic rings. The molecule has 0 N–H and O–H groups in total. The topological polar surface area (TPSA) is 74.0 Å². The highest BCUT2D eigenvalue weighted by atomic mass is 16.3. The Morgan fingerprint density at radius 2 is 0.740 bits per heavy atom. The number of nitrogens with zero attached hydrogens (tertiary/aromatic N) is 4. The van der Waals surface area contributed by atoms with Crippen molar-refractivity contribution >= 4 is 127 Å². The maximum absolute atomic E-state index is 9.97. The lowest BCUT2D eigenvalue weighted by atomic mass is 9.86. The van der Waals surface area contributed by atoms with Crippen LogP contribution in [0.3, 0.4) is 0 Å². The summed E-state index contributed by atoms with van der Waals surface area (Å²) in [6.45, 7) is 21.2. The summed E-state index contributed by atoms with van der Waals surface area (Å²) < 4.78 is 21.4. The SMILES string of the molecule is [C-]#[N+]c1ccc(N(c2cc3c4cc(N(c5ccc(C#N)cc5)c5cccc6c5oc5c(C(C)(C)C)cccc56)c5ccccc5c4oc3c3ccccc23)c2cccc3c2oc2c(C(C)(C)C)cccc23)cc1. The summed E-state index contributed by atoms with van der Waals surface area (Å²) in [5, 5.41) is 19.9. The molecule has 0 aliphatic carbocycles. The van der Waals surface area contributed by atoms with Crippen LogP contribution in [0.5, 0.6) is 0 Å². The number of furan rings is 3. The monoisotopic (exact) mass is 944 g/mol. The highest BCUT2D eigenvalue weighted by molar-refractivity contribution is 6.26. The van der Waals surface area contributed by atoms with Crippen LogP contribution in [0.15, 0.2) is 195 Å². The first-order valence-electron chi connectivity index (χ1n) is 24.7. The van der Waals surface area contributed by atoms with Gasteiger partial charge in [-0.05, 0) is 71.5 Å². The van der Waals surface area contributed by atoms with Gasteiger partial charge in [-0.2, -0.15) is 5.26 Å². The molecule has 10 aromatic carbocycles. The Morgan fingerprint density at radius 1 is 0.384 bits per heavy atom. The first-order valence-corrected chi connectivity index (χ1v) is 24.7. The summed E-state index contributed by atoms with van der Waals surface area (Å²) in [6, 6.07) is 64.9. The fourth-order valence-corrected chi connectivity index (χ4v) is 11.1. The van der Waals surface area contributed by atoms with E-state index in [2.05, 4.69) is 196 Å². The Labute approximate surface area is 422 Å². The molecule has 0 aliphatic heterocycles. The average molecular weight is 945 g/mol. The predicted octanol–water partition coefficient (Wildman–Crippen LogP) is 19.6. The molecule has 3 aromatic heterocycles. The number of para-hydroxylation sites is 4. The smallest absolute Gasteiger partial charge is 0.187 e. The molecule has 0 amide bonds. The highest BCUT2D eigenvalue weighted by Crippen LogP contribution is 2.52. The van der Waals surface area contributed by atoms with Crippen LogP contribution in [0.25, 0.3) is 92.2 Å². The molecule has 350 valence electrons. The van der Waals surface area contributed by atoms with Crippen LogP contribution in [0, 0.1) is 17.9 Å². The standard InChI is InChI=1S/C66H48N4O3/c1-65(2,3)53-24-12-20-47-49-22-14-26-55(63(49)72-61(47)53)69(41-32-28-39(38-67)29-33-41)57-36-51-52-37-58(44-17-9-11-19-46(44)60(52)71-59(51)45-18-10-8-16-43(45)57)70(42-34-30-40(68-7)31-35-42)56-27-15-23-50-48-21-13-25-54(66(4,5)6)62(48)73-64(50)56/h8-37H,1-6H3. The maximum Gasteiger partial charge on any atom is 0.187 e. The third-order valence-corrected chi connectivity index (χ3v) is 14.5. The Morgan fingerprint density at radius 3 is 1.15 bits per heavy atom. The van der Waals surface area contributed by atoms with Gasteiger partial charge in [0.15, 0.2) is 16.9 Å². The lowest BCUT2D eigenvalue weighted by Crippen LogP contribution is -2.11. The Balaban J connectivity index is 1.12. The summed E-state index contributed by atoms with van der Waals surface area (Å²) in [5.74, 6) is 0. The zero-order valence-corrected chi connectivity index (χ0v) is 41.3. The van der Waals surface area contributed by atoms with Gasteiger partial charge < -0.3 is 23.1 Å². The quantitative estimate of drug-likeness (QED) is 0.155. The fourth-order valence-electron chi connectivity index (χ4n) is 11.1. The van der Waals surface area contributed by atoms with E-state index in [0.717, 1.165) is 133 Å². The van der Waals surface area contributed by atoms with Crippen molar-refractivity contribution in [1.82, 2.24) is 0 Å². The van der Waals surface area contributed by atoms with Crippen LogP contribution in [0.1, 0.15) is 58.2 Å². The minimum Gasteiger partial charge on any atom is -0.455 e. The van der Waals surface area contributed by atoms with E-state index in [1.807, 2.05) is 48.5 Å². The third kappa shape index (κ3) is 6.77. The zero-order valence-electron chi connectivity index (χ0n) is 41.3. The Kier molecular flexibility index (Phi) is 9.65. The van der Waals surface area contributed by atoms with E-state index >= 15 is 0 Å². The van der Waals surface area contributed by atoms with Gasteiger partial charge in [0, 0.05) is 76.4 Å². The second kappa shape index (κ2) is 16.1. The number of hydrogen-bond acceptors (Lipinski definition) is 6. The van der Waals surface area contributed by atoms with Crippen molar-refractivity contribution < 1.29 is 13.3 Å². The van der Waals surface area contributed by atoms with Gasteiger partial charge >= 0.3 is 0 Å². The number of nitriles is 1. The van der Waals surface area contributed by atoms with Gasteiger partial charge in [0.2, 0.25) is 0 Å². The van der Waals surface area contributed by atoms with E-state index in [1.165, 1.54) is 0 Å². The minimum atomic E-state index is -0.155. The third-order valence-electron chi connectivity index (χ3n) is 14.5. The molecule has 7 heteroatoms. The number of benzene rings is 10. The molecule has 0 saturated heterocycles. The molecule has 0 radical (unpaired) electrons. The molecule has 0 unspecified atom stereocenters. The van der Waals surface area contributed by atoms with Crippen LogP contribution in [-0.4, -0.2) is 0 Å². The first-order chi connectivity index (χ1) is 35.4. The van der Waals surface area contributed by atoms with Crippen molar-refractivity contribution in [2.45, 2.75) is 52.4 Å². The van der Waals surface area contributed by atoms with Gasteiger partial charge in [0.1, 0.15) is 22.3 Å². The largest absolute Gasteiger partial charge is 0.455 e. The molecule has 7 nitrogen and oxygen atoms in total. The van der Waals surface area contributed by atoms with Gasteiger partial charge in [0.05, 0.1) is 41.0 Å². The summed E-state index contributed by atoms with van der Waals surface area (Å²) >= 11 is 0. The summed E-state index contributed by atoms with van der Waals surface area (Å²) in [5.41, 5.74) is 13.2. The van der Waals surface area contributed by atoms with Crippen molar-refractivity contribution in [3.8, 4) is 6.07 Å². The molecule has 3 heterocycles. The van der Waals surface area contributed by atoms with E-state index in [1.54, 1.807) is 0 Å². The van der Waals surface area contributed by atoms with Gasteiger partial charge in [-0.15, -0.1) is 0 Å². The molecule has 0 bridgehead atoms. The van der Waals surface area contributed by atoms with E-state index < -0.39 is 0 Å². The second-order valence-corrected chi connectivity index (χ2v) is 21.1. The van der Waals surface area contributed by atoms with Gasteiger partial charge in [-0.25, -0.2) is 4.85 Å². The van der Waals surface area contributed by atoms with Crippen molar-refractivity contribution in [2.24, 2.45) is 0 Å². The molecule has 0 spiro atoms. The van der Waals surface area contributed by atoms with Crippen LogP contribution in [0.4, 0.5) is 39.8 Å². The average Bonchev–Trinajstić information content (AvgIpc) is 4.11. The van der Waals surface area contributed by atoms with E-state index in [9.17, 15) is 5.26 Å². The zero-order chi connectivity index (χ0) is 49.9. The van der Waals surface area contributed by atoms with Crippen LogP contribution >= 0.6 is 0 Å². The minimum absolute atomic E-state index is 0.153. The predicted molar refractivity (Wildman–Crippen MR) is 301 cm³/mol. The lowest BCUT2D eigenvalue weighted by Gasteiger charge is -2.27. The first kappa shape index (κ1) is 43.7. The van der Waals surface area contributed by atoms with Crippen LogP contribution < -0.4 is 9.80 Å². The van der Waals surface area contributed by atoms with Crippen LogP contribution in [0.2, 0.25) is 0 Å². The van der Waals surface area contributed by atoms with Crippen molar-refractivity contribution in [3.63, 3.8) is 0 Å².